The fraction of sp³-hybridized carbons (Fsp3) is 0.368. The molecule has 106 valence electrons. The molecule has 0 bridgehead atoms. The van der Waals surface area contributed by atoms with E-state index in [0.29, 0.717) is 0 Å². The van der Waals surface area contributed by atoms with Gasteiger partial charge in [-0.3, -0.25) is 0 Å². The average Bonchev–Trinajstić information content (AvgIpc) is 2.47. The van der Waals surface area contributed by atoms with Gasteiger partial charge in [0.05, 0.1) is 6.61 Å². The maximum Gasteiger partial charge on any atom is 0.122 e. The van der Waals surface area contributed by atoms with Gasteiger partial charge in [-0.05, 0) is 66.6 Å². The van der Waals surface area contributed by atoms with Gasteiger partial charge in [0.25, 0.3) is 0 Å². The van der Waals surface area contributed by atoms with Crippen LogP contribution in [0.1, 0.15) is 37.0 Å². The van der Waals surface area contributed by atoms with Crippen molar-refractivity contribution in [1.82, 2.24) is 0 Å². The molecule has 20 heavy (non-hydrogen) atoms. The Morgan fingerprint density at radius 1 is 0.850 bits per heavy atom. The van der Waals surface area contributed by atoms with Crippen LogP contribution in [0.15, 0.2) is 36.4 Å². The van der Waals surface area contributed by atoms with Gasteiger partial charge in [-0.25, -0.2) is 0 Å². The molecule has 0 heterocycles. The van der Waals surface area contributed by atoms with Crippen molar-refractivity contribution in [2.75, 3.05) is 6.61 Å². The summed E-state index contributed by atoms with van der Waals surface area (Å²) in [4.78, 5) is 0. The quantitative estimate of drug-likeness (QED) is 0.713. The minimum atomic E-state index is 0.788. The molecule has 0 atom stereocenters. The summed E-state index contributed by atoms with van der Waals surface area (Å²) in [6.07, 6.45) is 2.04. The van der Waals surface area contributed by atoms with Crippen molar-refractivity contribution in [1.29, 1.82) is 0 Å². The summed E-state index contributed by atoms with van der Waals surface area (Å²) < 4.78 is 5.81. The van der Waals surface area contributed by atoms with Crippen molar-refractivity contribution < 1.29 is 4.74 Å². The van der Waals surface area contributed by atoms with Gasteiger partial charge < -0.3 is 4.74 Å². The third kappa shape index (κ3) is 3.22. The molecule has 0 fully saturated rings. The first-order chi connectivity index (χ1) is 9.65. The van der Waals surface area contributed by atoms with Crippen LogP contribution in [0.2, 0.25) is 0 Å². The van der Waals surface area contributed by atoms with Gasteiger partial charge in [0.15, 0.2) is 0 Å². The molecule has 1 nitrogen and oxygen atoms in total. The molecule has 2 aromatic rings. The monoisotopic (exact) mass is 268 g/mol. The van der Waals surface area contributed by atoms with Gasteiger partial charge in [-0.2, -0.15) is 0 Å². The first kappa shape index (κ1) is 14.6. The fourth-order valence-corrected chi connectivity index (χ4v) is 2.31. The van der Waals surface area contributed by atoms with E-state index >= 15 is 0 Å². The summed E-state index contributed by atoms with van der Waals surface area (Å²) in [5.41, 5.74) is 6.52. The van der Waals surface area contributed by atoms with Crippen LogP contribution >= 0.6 is 0 Å². The maximum absolute atomic E-state index is 5.81. The van der Waals surface area contributed by atoms with Crippen molar-refractivity contribution >= 4 is 0 Å². The van der Waals surface area contributed by atoms with E-state index < -0.39 is 0 Å². The molecule has 0 aliphatic rings. The highest BCUT2D eigenvalue weighted by Crippen LogP contribution is 2.28. The minimum absolute atomic E-state index is 0.788. The largest absolute Gasteiger partial charge is 0.493 e. The molecule has 0 amide bonds. The Balaban J connectivity index is 2.35. The van der Waals surface area contributed by atoms with Gasteiger partial charge in [0.2, 0.25) is 0 Å². The molecular weight excluding hydrogens is 244 g/mol. The van der Waals surface area contributed by atoms with Crippen molar-refractivity contribution in [3.05, 3.63) is 53.1 Å². The van der Waals surface area contributed by atoms with Gasteiger partial charge >= 0.3 is 0 Å². The smallest absolute Gasteiger partial charge is 0.122 e. The van der Waals surface area contributed by atoms with Crippen LogP contribution in [0.4, 0.5) is 0 Å². The third-order valence-electron chi connectivity index (χ3n) is 3.74. The summed E-state index contributed by atoms with van der Waals surface area (Å²) >= 11 is 0. The Morgan fingerprint density at radius 2 is 1.55 bits per heavy atom. The molecular formula is C19H24O. The zero-order chi connectivity index (χ0) is 14.5. The molecule has 2 rings (SSSR count). The summed E-state index contributed by atoms with van der Waals surface area (Å²) in [7, 11) is 0. The predicted octanol–water partition coefficient (Wildman–Crippen LogP) is 5.32. The maximum atomic E-state index is 5.81. The van der Waals surface area contributed by atoms with E-state index in [1.165, 1.54) is 27.8 Å². The molecule has 0 N–H and O–H groups in total. The van der Waals surface area contributed by atoms with E-state index in [1.807, 2.05) is 0 Å². The topological polar surface area (TPSA) is 9.23 Å². The number of hydrogen-bond acceptors (Lipinski definition) is 1. The zero-order valence-corrected chi connectivity index (χ0v) is 13.0. The molecule has 0 unspecified atom stereocenters. The lowest BCUT2D eigenvalue weighted by Gasteiger charge is -2.12. The Labute approximate surface area is 122 Å². The van der Waals surface area contributed by atoms with Crippen LogP contribution in [0.3, 0.4) is 0 Å². The van der Waals surface area contributed by atoms with Crippen LogP contribution in [-0.4, -0.2) is 6.61 Å². The van der Waals surface area contributed by atoms with Crippen molar-refractivity contribution in [3.8, 4) is 16.9 Å². The van der Waals surface area contributed by atoms with Crippen LogP contribution in [0.25, 0.3) is 11.1 Å². The van der Waals surface area contributed by atoms with Crippen molar-refractivity contribution in [2.24, 2.45) is 0 Å². The minimum Gasteiger partial charge on any atom is -0.493 e. The van der Waals surface area contributed by atoms with Gasteiger partial charge in [-0.1, -0.05) is 38.1 Å². The second kappa shape index (κ2) is 6.60. The lowest BCUT2D eigenvalue weighted by molar-refractivity contribution is 0.314. The molecule has 0 aliphatic carbocycles. The number of aryl methyl sites for hydroxylation is 3. The van der Waals surface area contributed by atoms with E-state index in [1.54, 1.807) is 0 Å². The van der Waals surface area contributed by atoms with E-state index in [2.05, 4.69) is 64.1 Å². The predicted molar refractivity (Wildman–Crippen MR) is 86.5 cm³/mol. The molecule has 0 saturated heterocycles. The van der Waals surface area contributed by atoms with Crippen LogP contribution in [0, 0.1) is 13.8 Å². The van der Waals surface area contributed by atoms with Crippen LogP contribution in [0.5, 0.6) is 5.75 Å². The number of rotatable bonds is 5. The Morgan fingerprint density at radius 3 is 2.20 bits per heavy atom. The van der Waals surface area contributed by atoms with Crippen molar-refractivity contribution in [3.63, 3.8) is 0 Å². The Bertz CT molecular complexity index is 584. The average molecular weight is 268 g/mol. The highest BCUT2D eigenvalue weighted by atomic mass is 16.5. The number of hydrogen-bond donors (Lipinski definition) is 0. The zero-order valence-electron chi connectivity index (χ0n) is 13.0. The second-order valence-electron chi connectivity index (χ2n) is 5.32. The first-order valence-electron chi connectivity index (χ1n) is 7.49. The Kier molecular flexibility index (Phi) is 4.84. The highest BCUT2D eigenvalue weighted by molar-refractivity contribution is 5.67. The summed E-state index contributed by atoms with van der Waals surface area (Å²) in [5, 5.41) is 0. The lowest BCUT2D eigenvalue weighted by atomic mass is 9.98. The van der Waals surface area contributed by atoms with Crippen LogP contribution < -0.4 is 4.74 Å². The molecule has 0 aromatic heterocycles. The normalized spacial score (nSPS) is 10.6. The molecule has 0 radical (unpaired) electrons. The van der Waals surface area contributed by atoms with E-state index in [4.69, 9.17) is 4.74 Å². The van der Waals surface area contributed by atoms with Gasteiger partial charge in [0.1, 0.15) is 5.75 Å². The second-order valence-corrected chi connectivity index (χ2v) is 5.32. The summed E-state index contributed by atoms with van der Waals surface area (Å²) in [5.74, 6) is 1.03. The summed E-state index contributed by atoms with van der Waals surface area (Å²) in [6, 6.07) is 13.2. The fourth-order valence-electron chi connectivity index (χ4n) is 2.31. The van der Waals surface area contributed by atoms with Crippen molar-refractivity contribution in [2.45, 2.75) is 40.5 Å². The number of benzene rings is 2. The lowest BCUT2D eigenvalue weighted by Crippen LogP contribution is -1.98. The number of ether oxygens (including phenoxy) is 1. The molecule has 0 aliphatic heterocycles. The SMILES string of the molecule is CCCOc1ccc(-c2ccc(C)c(C)c2)cc1CC. The molecule has 0 saturated carbocycles. The Hall–Kier alpha value is -1.76. The van der Waals surface area contributed by atoms with E-state index in [9.17, 15) is 0 Å². The highest BCUT2D eigenvalue weighted by Gasteiger charge is 2.06. The van der Waals surface area contributed by atoms with E-state index in [-0.39, 0.29) is 0 Å². The first-order valence-corrected chi connectivity index (χ1v) is 7.49. The third-order valence-corrected chi connectivity index (χ3v) is 3.74. The molecule has 1 heteroatoms. The van der Waals surface area contributed by atoms with Gasteiger partial charge in [0, 0.05) is 0 Å². The van der Waals surface area contributed by atoms with Crippen LogP contribution in [-0.2, 0) is 6.42 Å². The standard InChI is InChI=1S/C19H24O/c1-5-11-20-19-10-9-18(13-16(19)6-2)17-8-7-14(3)15(4)12-17/h7-10,12-13H,5-6,11H2,1-4H3. The molecule has 2 aromatic carbocycles. The van der Waals surface area contributed by atoms with E-state index in [0.717, 1.165) is 25.2 Å². The van der Waals surface area contributed by atoms with Gasteiger partial charge in [-0.15, -0.1) is 0 Å². The summed E-state index contributed by atoms with van der Waals surface area (Å²) in [6.45, 7) is 9.42. The molecule has 0 spiro atoms.